The van der Waals surface area contributed by atoms with Gasteiger partial charge in [0.25, 0.3) is 0 Å². The normalized spacial score (nSPS) is 12.4. The maximum absolute atomic E-state index is 12.1. The number of carbonyl (C=O) groups is 1. The summed E-state index contributed by atoms with van der Waals surface area (Å²) in [6.07, 6.45) is 4.61. The molecular weight excluding hydrogens is 370 g/mol. The fraction of sp³-hybridized carbons (Fsp3) is 0.500. The van der Waals surface area contributed by atoms with Gasteiger partial charge in [-0.3, -0.25) is 0 Å². The van der Waals surface area contributed by atoms with Gasteiger partial charge in [0.15, 0.2) is 0 Å². The van der Waals surface area contributed by atoms with Gasteiger partial charge in [-0.25, -0.2) is 4.79 Å². The van der Waals surface area contributed by atoms with E-state index in [1.54, 1.807) is 13.0 Å². The van der Waals surface area contributed by atoms with E-state index in [1.807, 2.05) is 31.3 Å². The zero-order valence-electron chi connectivity index (χ0n) is 17.8. The summed E-state index contributed by atoms with van der Waals surface area (Å²) in [6, 6.07) is 9.30. The van der Waals surface area contributed by atoms with Crippen molar-refractivity contribution in [3.8, 4) is 0 Å². The lowest BCUT2D eigenvalue weighted by Gasteiger charge is -2.15. The van der Waals surface area contributed by atoms with E-state index in [0.29, 0.717) is 19.9 Å². The molecule has 0 N–H and O–H groups in total. The molecule has 0 saturated heterocycles. The van der Waals surface area contributed by atoms with Gasteiger partial charge in [0, 0.05) is 26.3 Å². The molecule has 1 heterocycles. The number of rotatable bonds is 11. The molecule has 0 spiro atoms. The lowest BCUT2D eigenvalue weighted by molar-refractivity contribution is -0.142. The Labute approximate surface area is 169 Å². The first-order valence-corrected chi connectivity index (χ1v) is 13.7. The minimum Gasteiger partial charge on any atom is -0.487 e. The van der Waals surface area contributed by atoms with Gasteiger partial charge >= 0.3 is 5.97 Å². The van der Waals surface area contributed by atoms with Gasteiger partial charge in [0.2, 0.25) is 5.76 Å². The highest BCUT2D eigenvalue weighted by Crippen LogP contribution is 2.20. The summed E-state index contributed by atoms with van der Waals surface area (Å²) < 4.78 is 18.6. The molecule has 0 unspecified atom stereocenters. The van der Waals surface area contributed by atoms with Crippen LogP contribution in [0.4, 0.5) is 0 Å². The van der Waals surface area contributed by atoms with Gasteiger partial charge in [-0.15, -0.1) is 0 Å². The van der Waals surface area contributed by atoms with Crippen molar-refractivity contribution in [3.63, 3.8) is 0 Å². The van der Waals surface area contributed by atoms with Crippen LogP contribution in [0.2, 0.25) is 25.7 Å². The average Bonchev–Trinajstić information content (AvgIpc) is 3.04. The number of nitrogens with zero attached hydrogens (tertiary/aromatic N) is 1. The number of ether oxygens (including phenoxy) is 3. The van der Waals surface area contributed by atoms with Crippen molar-refractivity contribution in [1.82, 2.24) is 4.57 Å². The van der Waals surface area contributed by atoms with E-state index < -0.39 is 14.0 Å². The van der Waals surface area contributed by atoms with Gasteiger partial charge in [-0.2, -0.15) is 0 Å². The van der Waals surface area contributed by atoms with Crippen LogP contribution in [0, 0.1) is 0 Å². The number of hydrogen-bond acceptors (Lipinski definition) is 4. The molecule has 28 heavy (non-hydrogen) atoms. The summed E-state index contributed by atoms with van der Waals surface area (Å²) in [5.41, 5.74) is 2.02. The van der Waals surface area contributed by atoms with Gasteiger partial charge in [-0.1, -0.05) is 32.6 Å². The molecule has 1 aromatic heterocycles. The van der Waals surface area contributed by atoms with Crippen LogP contribution >= 0.6 is 0 Å². The summed E-state index contributed by atoms with van der Waals surface area (Å²) in [7, 11) is -1.07. The third-order valence-electron chi connectivity index (χ3n) is 4.26. The lowest BCUT2D eigenvalue weighted by Crippen LogP contribution is -2.21. The molecule has 1 aromatic carbocycles. The summed E-state index contributed by atoms with van der Waals surface area (Å²) in [5.74, 6) is -0.179. The Kier molecular flexibility index (Phi) is 8.32. The Balaban J connectivity index is 2.12. The predicted octanol–water partition coefficient (Wildman–Crippen LogP) is 5.28. The molecule has 0 amide bonds. The van der Waals surface area contributed by atoms with Crippen molar-refractivity contribution in [2.75, 3.05) is 19.8 Å². The summed E-state index contributed by atoms with van der Waals surface area (Å²) in [6.45, 7) is 13.0. The summed E-state index contributed by atoms with van der Waals surface area (Å²) in [4.78, 5) is 12.1. The number of hydrogen-bond donors (Lipinski definition) is 0. The molecule has 0 fully saturated rings. The largest absolute Gasteiger partial charge is 0.487 e. The molecular formula is C22H33NO4Si. The van der Waals surface area contributed by atoms with Crippen LogP contribution < -0.4 is 0 Å². The Morgan fingerprint density at radius 2 is 1.89 bits per heavy atom. The van der Waals surface area contributed by atoms with E-state index in [2.05, 4.69) is 30.3 Å². The standard InChI is InChI=1S/C22H33NO4Si/c1-6-12-27-21(22(24)26-7-2)16-18-8-9-20-19(15-18)10-11-23(20)17-25-13-14-28(3,4)5/h8-11,15-16H,6-7,12-14,17H2,1-5H3/b21-16-. The third kappa shape index (κ3) is 6.84. The zero-order valence-corrected chi connectivity index (χ0v) is 18.8. The van der Waals surface area contributed by atoms with Crippen molar-refractivity contribution in [1.29, 1.82) is 0 Å². The van der Waals surface area contributed by atoms with Crippen LogP contribution in [0.15, 0.2) is 36.2 Å². The van der Waals surface area contributed by atoms with Gasteiger partial charge in [-0.05, 0) is 49.2 Å². The van der Waals surface area contributed by atoms with E-state index in [9.17, 15) is 4.79 Å². The van der Waals surface area contributed by atoms with E-state index in [-0.39, 0.29) is 5.76 Å². The molecule has 0 bridgehead atoms. The Bertz CT molecular complexity index is 804. The highest BCUT2D eigenvalue weighted by Gasteiger charge is 2.13. The lowest BCUT2D eigenvalue weighted by atomic mass is 10.1. The monoisotopic (exact) mass is 403 g/mol. The number of fused-ring (bicyclic) bond motifs is 1. The highest BCUT2D eigenvalue weighted by molar-refractivity contribution is 6.76. The Morgan fingerprint density at radius 3 is 2.57 bits per heavy atom. The second-order valence-electron chi connectivity index (χ2n) is 8.03. The van der Waals surface area contributed by atoms with E-state index >= 15 is 0 Å². The second kappa shape index (κ2) is 10.5. The molecule has 0 atom stereocenters. The molecule has 5 nitrogen and oxygen atoms in total. The quantitative estimate of drug-likeness (QED) is 0.168. The fourth-order valence-corrected chi connectivity index (χ4v) is 3.44. The number of carbonyl (C=O) groups excluding carboxylic acids is 1. The van der Waals surface area contributed by atoms with Crippen LogP contribution in [0.5, 0.6) is 0 Å². The molecule has 154 valence electrons. The van der Waals surface area contributed by atoms with Crippen molar-refractivity contribution >= 4 is 31.0 Å². The van der Waals surface area contributed by atoms with Gasteiger partial charge < -0.3 is 18.8 Å². The summed E-state index contributed by atoms with van der Waals surface area (Å²) in [5, 5.41) is 1.10. The predicted molar refractivity (Wildman–Crippen MR) is 117 cm³/mol. The Morgan fingerprint density at radius 1 is 1.11 bits per heavy atom. The van der Waals surface area contributed by atoms with E-state index in [0.717, 1.165) is 35.5 Å². The molecule has 0 aliphatic heterocycles. The van der Waals surface area contributed by atoms with Crippen molar-refractivity contribution in [3.05, 3.63) is 41.8 Å². The van der Waals surface area contributed by atoms with Crippen molar-refractivity contribution in [2.24, 2.45) is 0 Å². The number of benzene rings is 1. The number of esters is 1. The van der Waals surface area contributed by atoms with Gasteiger partial charge in [0.1, 0.15) is 6.73 Å². The van der Waals surface area contributed by atoms with Crippen LogP contribution in [0.3, 0.4) is 0 Å². The molecule has 0 aliphatic rings. The minimum absolute atomic E-state index is 0.247. The SMILES string of the molecule is CCCO/C(=C\c1ccc2c(ccn2COCC[Si](C)(C)C)c1)C(=O)OCC. The molecule has 2 aromatic rings. The number of aromatic nitrogens is 1. The second-order valence-corrected chi connectivity index (χ2v) is 13.7. The first-order chi connectivity index (χ1) is 13.3. The molecule has 0 saturated carbocycles. The highest BCUT2D eigenvalue weighted by atomic mass is 28.3. The smallest absolute Gasteiger partial charge is 0.373 e. The van der Waals surface area contributed by atoms with Crippen LogP contribution in [-0.4, -0.2) is 38.4 Å². The molecule has 0 aliphatic carbocycles. The fourth-order valence-electron chi connectivity index (χ4n) is 2.69. The van der Waals surface area contributed by atoms with E-state index in [4.69, 9.17) is 14.2 Å². The minimum atomic E-state index is -1.07. The molecule has 6 heteroatoms. The maximum Gasteiger partial charge on any atom is 0.373 e. The molecule has 0 radical (unpaired) electrons. The topological polar surface area (TPSA) is 49.7 Å². The zero-order chi connectivity index (χ0) is 20.6. The van der Waals surface area contributed by atoms with Gasteiger partial charge in [0.05, 0.1) is 18.7 Å². The van der Waals surface area contributed by atoms with Crippen LogP contribution in [0.25, 0.3) is 17.0 Å². The Hall–Kier alpha value is -2.05. The maximum atomic E-state index is 12.1. The van der Waals surface area contributed by atoms with Crippen LogP contribution in [-0.2, 0) is 25.7 Å². The van der Waals surface area contributed by atoms with Crippen molar-refractivity contribution in [2.45, 2.75) is 52.7 Å². The van der Waals surface area contributed by atoms with Crippen molar-refractivity contribution < 1.29 is 19.0 Å². The third-order valence-corrected chi connectivity index (χ3v) is 5.96. The average molecular weight is 404 g/mol. The first kappa shape index (κ1) is 22.2. The summed E-state index contributed by atoms with van der Waals surface area (Å²) >= 11 is 0. The molecule has 2 rings (SSSR count). The first-order valence-electron chi connectivity index (χ1n) is 10.0. The van der Waals surface area contributed by atoms with E-state index in [1.165, 1.54) is 0 Å². The van der Waals surface area contributed by atoms with Crippen LogP contribution in [0.1, 0.15) is 25.8 Å².